The van der Waals surface area contributed by atoms with E-state index in [1.807, 2.05) is 0 Å². The number of rotatable bonds is 7. The minimum absolute atomic E-state index is 0.162. The fourth-order valence-electron chi connectivity index (χ4n) is 1.34. The first kappa shape index (κ1) is 14.8. The molecular weight excluding hydrogens is 246 g/mol. The molecule has 0 aromatic heterocycles. The molecule has 1 aromatic carbocycles. The summed E-state index contributed by atoms with van der Waals surface area (Å²) in [6, 6.07) is 6.46. The molecule has 1 rings (SSSR count). The van der Waals surface area contributed by atoms with Crippen molar-refractivity contribution < 1.29 is 14.3 Å². The number of primary amides is 1. The zero-order chi connectivity index (χ0) is 14.1. The van der Waals surface area contributed by atoms with Gasteiger partial charge in [-0.1, -0.05) is 13.3 Å². The van der Waals surface area contributed by atoms with Crippen molar-refractivity contribution in [1.82, 2.24) is 5.32 Å². The van der Waals surface area contributed by atoms with E-state index in [1.165, 1.54) is 0 Å². The molecule has 6 nitrogen and oxygen atoms in total. The Morgan fingerprint density at radius 2 is 1.95 bits per heavy atom. The molecule has 0 heterocycles. The summed E-state index contributed by atoms with van der Waals surface area (Å²) in [5, 5.41) is 5.44. The molecule has 104 valence electrons. The maximum atomic E-state index is 11.5. The molecule has 0 spiro atoms. The summed E-state index contributed by atoms with van der Waals surface area (Å²) in [5.74, 6) is -0.00625. The van der Waals surface area contributed by atoms with Gasteiger partial charge in [-0.15, -0.1) is 0 Å². The van der Waals surface area contributed by atoms with Crippen molar-refractivity contribution in [2.24, 2.45) is 5.73 Å². The first-order valence-electron chi connectivity index (χ1n) is 6.18. The van der Waals surface area contributed by atoms with Gasteiger partial charge in [0, 0.05) is 12.2 Å². The van der Waals surface area contributed by atoms with Gasteiger partial charge in [-0.3, -0.25) is 4.79 Å². The predicted molar refractivity (Wildman–Crippen MR) is 73.1 cm³/mol. The number of hydrogen-bond donors (Lipinski definition) is 3. The number of carbonyl (C=O) groups excluding carboxylic acids is 2. The van der Waals surface area contributed by atoms with Gasteiger partial charge < -0.3 is 21.1 Å². The van der Waals surface area contributed by atoms with Crippen LogP contribution in [-0.4, -0.2) is 25.1 Å². The van der Waals surface area contributed by atoms with Crippen LogP contribution in [0.2, 0.25) is 0 Å². The van der Waals surface area contributed by atoms with E-state index in [9.17, 15) is 9.59 Å². The lowest BCUT2D eigenvalue weighted by Gasteiger charge is -2.08. The number of unbranched alkanes of at least 4 members (excludes halogenated alkanes) is 1. The maximum Gasteiger partial charge on any atom is 0.319 e. The Kier molecular flexibility index (Phi) is 6.21. The van der Waals surface area contributed by atoms with Gasteiger partial charge in [0.05, 0.1) is 0 Å². The van der Waals surface area contributed by atoms with Gasteiger partial charge in [-0.05, 0) is 30.7 Å². The van der Waals surface area contributed by atoms with Crippen LogP contribution in [-0.2, 0) is 4.79 Å². The third kappa shape index (κ3) is 6.30. The van der Waals surface area contributed by atoms with E-state index in [-0.39, 0.29) is 12.6 Å². The van der Waals surface area contributed by atoms with Gasteiger partial charge in [0.1, 0.15) is 5.75 Å². The summed E-state index contributed by atoms with van der Waals surface area (Å²) in [6.45, 7) is 2.55. The normalized spacial score (nSPS) is 9.74. The second kappa shape index (κ2) is 7.97. The Morgan fingerprint density at radius 3 is 2.53 bits per heavy atom. The number of amides is 3. The molecule has 0 atom stereocenters. The Morgan fingerprint density at radius 1 is 1.26 bits per heavy atom. The van der Waals surface area contributed by atoms with Gasteiger partial charge >= 0.3 is 6.03 Å². The van der Waals surface area contributed by atoms with Crippen LogP contribution >= 0.6 is 0 Å². The molecule has 0 aliphatic heterocycles. The van der Waals surface area contributed by atoms with Crippen LogP contribution < -0.4 is 21.1 Å². The summed E-state index contributed by atoms with van der Waals surface area (Å²) < 4.78 is 5.10. The molecule has 0 saturated heterocycles. The molecule has 4 N–H and O–H groups in total. The van der Waals surface area contributed by atoms with Gasteiger partial charge in [0.15, 0.2) is 6.61 Å². The summed E-state index contributed by atoms with van der Waals surface area (Å²) in [5.41, 5.74) is 5.62. The molecule has 0 bridgehead atoms. The Balaban J connectivity index is 2.39. The van der Waals surface area contributed by atoms with Crippen molar-refractivity contribution in [3.8, 4) is 5.75 Å². The van der Waals surface area contributed by atoms with Gasteiger partial charge in [0.25, 0.3) is 5.91 Å². The molecule has 1 aromatic rings. The quantitative estimate of drug-likeness (QED) is 0.652. The number of nitrogens with two attached hydrogens (primary N) is 1. The van der Waals surface area contributed by atoms with Gasteiger partial charge in [-0.25, -0.2) is 4.79 Å². The Hall–Kier alpha value is -2.24. The SMILES string of the molecule is CCCCNC(=O)Nc1ccc(OCC(N)=O)cc1. The molecule has 19 heavy (non-hydrogen) atoms. The molecular formula is C13H19N3O3. The molecule has 0 aliphatic rings. The monoisotopic (exact) mass is 265 g/mol. The van der Waals surface area contributed by atoms with E-state index in [2.05, 4.69) is 17.6 Å². The van der Waals surface area contributed by atoms with E-state index in [0.29, 0.717) is 18.0 Å². The smallest absolute Gasteiger partial charge is 0.319 e. The third-order valence-electron chi connectivity index (χ3n) is 2.31. The van der Waals surface area contributed by atoms with E-state index in [0.717, 1.165) is 12.8 Å². The van der Waals surface area contributed by atoms with Crippen molar-refractivity contribution in [2.75, 3.05) is 18.5 Å². The van der Waals surface area contributed by atoms with Crippen LogP contribution in [0.1, 0.15) is 19.8 Å². The Labute approximate surface area is 112 Å². The summed E-state index contributed by atoms with van der Waals surface area (Å²) in [6.07, 6.45) is 1.99. The molecule has 0 radical (unpaired) electrons. The Bertz CT molecular complexity index is 418. The highest BCUT2D eigenvalue weighted by Gasteiger charge is 2.01. The summed E-state index contributed by atoms with van der Waals surface area (Å²) in [7, 11) is 0. The van der Waals surface area contributed by atoms with E-state index < -0.39 is 5.91 Å². The highest BCUT2D eigenvalue weighted by molar-refractivity contribution is 5.89. The van der Waals surface area contributed by atoms with Crippen LogP contribution in [0.5, 0.6) is 5.75 Å². The number of benzene rings is 1. The molecule has 0 fully saturated rings. The molecule has 0 saturated carbocycles. The number of hydrogen-bond acceptors (Lipinski definition) is 3. The zero-order valence-corrected chi connectivity index (χ0v) is 10.9. The van der Waals surface area contributed by atoms with E-state index in [1.54, 1.807) is 24.3 Å². The van der Waals surface area contributed by atoms with Crippen LogP contribution in [0.25, 0.3) is 0 Å². The lowest BCUT2D eigenvalue weighted by molar-refractivity contribution is -0.119. The van der Waals surface area contributed by atoms with Crippen LogP contribution in [0.15, 0.2) is 24.3 Å². The fourth-order valence-corrected chi connectivity index (χ4v) is 1.34. The van der Waals surface area contributed by atoms with Crippen molar-refractivity contribution in [3.63, 3.8) is 0 Å². The molecule has 0 aliphatic carbocycles. The second-order valence-electron chi connectivity index (χ2n) is 4.01. The van der Waals surface area contributed by atoms with Crippen LogP contribution in [0.4, 0.5) is 10.5 Å². The van der Waals surface area contributed by atoms with Crippen molar-refractivity contribution in [3.05, 3.63) is 24.3 Å². The average Bonchev–Trinajstić information content (AvgIpc) is 2.38. The summed E-state index contributed by atoms with van der Waals surface area (Å²) >= 11 is 0. The standard InChI is InChI=1S/C13H19N3O3/c1-2-3-8-15-13(18)16-10-4-6-11(7-5-10)19-9-12(14)17/h4-7H,2-3,8-9H2,1H3,(H2,14,17)(H2,15,16,18). The lowest BCUT2D eigenvalue weighted by Crippen LogP contribution is -2.29. The van der Waals surface area contributed by atoms with Crippen molar-refractivity contribution in [2.45, 2.75) is 19.8 Å². The van der Waals surface area contributed by atoms with Gasteiger partial charge in [-0.2, -0.15) is 0 Å². The number of carbonyl (C=O) groups is 2. The largest absolute Gasteiger partial charge is 0.484 e. The minimum atomic E-state index is -0.530. The first-order valence-corrected chi connectivity index (χ1v) is 6.18. The van der Waals surface area contributed by atoms with Crippen molar-refractivity contribution >= 4 is 17.6 Å². The average molecular weight is 265 g/mol. The topological polar surface area (TPSA) is 93.4 Å². The molecule has 6 heteroatoms. The summed E-state index contributed by atoms with van der Waals surface area (Å²) in [4.78, 5) is 22.0. The van der Waals surface area contributed by atoms with E-state index >= 15 is 0 Å². The van der Waals surface area contributed by atoms with Crippen LogP contribution in [0, 0.1) is 0 Å². The number of nitrogens with one attached hydrogen (secondary N) is 2. The van der Waals surface area contributed by atoms with Crippen LogP contribution in [0.3, 0.4) is 0 Å². The minimum Gasteiger partial charge on any atom is -0.484 e. The lowest BCUT2D eigenvalue weighted by atomic mass is 10.3. The molecule has 0 unspecified atom stereocenters. The molecule has 3 amide bonds. The second-order valence-corrected chi connectivity index (χ2v) is 4.01. The number of ether oxygens (including phenoxy) is 1. The highest BCUT2D eigenvalue weighted by atomic mass is 16.5. The van der Waals surface area contributed by atoms with Crippen molar-refractivity contribution in [1.29, 1.82) is 0 Å². The number of anilines is 1. The number of urea groups is 1. The maximum absolute atomic E-state index is 11.5. The highest BCUT2D eigenvalue weighted by Crippen LogP contribution is 2.15. The predicted octanol–water partition coefficient (Wildman–Crippen LogP) is 1.47. The third-order valence-corrected chi connectivity index (χ3v) is 2.31. The first-order chi connectivity index (χ1) is 9.11. The van der Waals surface area contributed by atoms with E-state index in [4.69, 9.17) is 10.5 Å². The fraction of sp³-hybridized carbons (Fsp3) is 0.385. The van der Waals surface area contributed by atoms with Gasteiger partial charge in [0.2, 0.25) is 0 Å². The zero-order valence-electron chi connectivity index (χ0n) is 10.9.